The van der Waals surface area contributed by atoms with Crippen LogP contribution in [0.4, 0.5) is 0 Å². The number of methoxy groups -OCH3 is 2. The molecule has 0 heterocycles. The summed E-state index contributed by atoms with van der Waals surface area (Å²) >= 11 is 0. The molecule has 0 radical (unpaired) electrons. The molecule has 2 aliphatic rings. The average Bonchev–Trinajstić information content (AvgIpc) is 3.39. The zero-order valence-corrected chi connectivity index (χ0v) is 14.8. The fourth-order valence-corrected chi connectivity index (χ4v) is 3.85. The van der Waals surface area contributed by atoms with Crippen LogP contribution in [0.3, 0.4) is 0 Å². The third kappa shape index (κ3) is 4.13. The minimum Gasteiger partial charge on any atom is -0.493 e. The predicted octanol–water partition coefficient (Wildman–Crippen LogP) is 3.08. The molecule has 0 aromatic heterocycles. The summed E-state index contributed by atoms with van der Waals surface area (Å²) in [4.78, 5) is 4.47. The molecule has 2 unspecified atom stereocenters. The van der Waals surface area contributed by atoms with Crippen molar-refractivity contribution in [3.8, 4) is 11.5 Å². The van der Waals surface area contributed by atoms with Crippen LogP contribution in [0.1, 0.15) is 44.1 Å². The van der Waals surface area contributed by atoms with Gasteiger partial charge < -0.3 is 20.5 Å². The first-order valence-electron chi connectivity index (χ1n) is 8.98. The number of hydrogen-bond acceptors (Lipinski definition) is 3. The maximum absolute atomic E-state index is 6.06. The second-order valence-corrected chi connectivity index (χ2v) is 6.94. The van der Waals surface area contributed by atoms with Gasteiger partial charge in [-0.05, 0) is 36.0 Å². The summed E-state index contributed by atoms with van der Waals surface area (Å²) in [7, 11) is 3.27. The number of nitrogens with one attached hydrogen (secondary N) is 1. The Labute approximate surface area is 144 Å². The maximum Gasteiger partial charge on any atom is 0.189 e. The summed E-state index contributed by atoms with van der Waals surface area (Å²) in [5.74, 6) is 3.70. The zero-order chi connectivity index (χ0) is 16.9. The van der Waals surface area contributed by atoms with Crippen LogP contribution in [0, 0.1) is 11.8 Å². The Morgan fingerprint density at radius 1 is 1.17 bits per heavy atom. The van der Waals surface area contributed by atoms with E-state index in [1.807, 2.05) is 18.2 Å². The van der Waals surface area contributed by atoms with Crippen LogP contribution in [-0.2, 0) is 6.54 Å². The Morgan fingerprint density at radius 3 is 2.62 bits per heavy atom. The number of nitrogens with two attached hydrogens (primary N) is 1. The lowest BCUT2D eigenvalue weighted by atomic mass is 9.85. The molecule has 5 heteroatoms. The second kappa shape index (κ2) is 7.77. The standard InChI is InChI=1S/C19H29N3O2/c1-23-17-9-8-13(10-18(17)24-2)12-21-19(20)22-16-11-15(16)14-6-4-3-5-7-14/h8-10,14-16H,3-7,11-12H2,1-2H3,(H3,20,21,22). The van der Waals surface area contributed by atoms with Crippen LogP contribution in [0.25, 0.3) is 0 Å². The molecule has 0 amide bonds. The highest BCUT2D eigenvalue weighted by Crippen LogP contribution is 2.44. The highest BCUT2D eigenvalue weighted by atomic mass is 16.5. The molecule has 1 aromatic rings. The Morgan fingerprint density at radius 2 is 1.92 bits per heavy atom. The summed E-state index contributed by atoms with van der Waals surface area (Å²) in [6.07, 6.45) is 8.25. The van der Waals surface area contributed by atoms with Gasteiger partial charge in [0.1, 0.15) is 0 Å². The fraction of sp³-hybridized carbons (Fsp3) is 0.632. The van der Waals surface area contributed by atoms with Crippen molar-refractivity contribution in [1.82, 2.24) is 5.32 Å². The molecular weight excluding hydrogens is 302 g/mol. The van der Waals surface area contributed by atoms with E-state index in [0.717, 1.165) is 28.9 Å². The first-order valence-corrected chi connectivity index (χ1v) is 8.98. The smallest absolute Gasteiger partial charge is 0.189 e. The van der Waals surface area contributed by atoms with E-state index in [2.05, 4.69) is 10.3 Å². The van der Waals surface area contributed by atoms with Gasteiger partial charge in [0, 0.05) is 6.04 Å². The largest absolute Gasteiger partial charge is 0.493 e. The zero-order valence-electron chi connectivity index (χ0n) is 14.8. The maximum atomic E-state index is 6.06. The highest BCUT2D eigenvalue weighted by Gasteiger charge is 2.43. The van der Waals surface area contributed by atoms with Crippen LogP contribution in [0.5, 0.6) is 11.5 Å². The minimum absolute atomic E-state index is 0.530. The molecule has 0 saturated heterocycles. The Balaban J connectivity index is 1.50. The SMILES string of the molecule is COc1ccc(CN=C(N)NC2CC2C2CCCCC2)cc1OC. The first-order chi connectivity index (χ1) is 11.7. The predicted molar refractivity (Wildman–Crippen MR) is 96.5 cm³/mol. The molecule has 3 rings (SSSR count). The van der Waals surface area contributed by atoms with Gasteiger partial charge in [-0.3, -0.25) is 0 Å². The molecule has 132 valence electrons. The third-order valence-corrected chi connectivity index (χ3v) is 5.31. The minimum atomic E-state index is 0.530. The van der Waals surface area contributed by atoms with Crippen molar-refractivity contribution in [2.75, 3.05) is 14.2 Å². The van der Waals surface area contributed by atoms with Gasteiger partial charge in [-0.1, -0.05) is 38.2 Å². The molecule has 5 nitrogen and oxygen atoms in total. The normalized spacial score (nSPS) is 24.5. The molecule has 2 aliphatic carbocycles. The molecule has 3 N–H and O–H groups in total. The van der Waals surface area contributed by atoms with Crippen LogP contribution >= 0.6 is 0 Å². The van der Waals surface area contributed by atoms with Crippen LogP contribution in [0.15, 0.2) is 23.2 Å². The lowest BCUT2D eigenvalue weighted by Gasteiger charge is -2.21. The number of benzene rings is 1. The summed E-state index contributed by atoms with van der Waals surface area (Å²) in [6, 6.07) is 6.35. The summed E-state index contributed by atoms with van der Waals surface area (Å²) in [6.45, 7) is 0.542. The van der Waals surface area contributed by atoms with Crippen molar-refractivity contribution in [2.24, 2.45) is 22.6 Å². The third-order valence-electron chi connectivity index (χ3n) is 5.31. The second-order valence-electron chi connectivity index (χ2n) is 6.94. The number of ether oxygens (including phenoxy) is 2. The van der Waals surface area contributed by atoms with E-state index < -0.39 is 0 Å². The van der Waals surface area contributed by atoms with Gasteiger partial charge >= 0.3 is 0 Å². The van der Waals surface area contributed by atoms with Crippen molar-refractivity contribution in [3.05, 3.63) is 23.8 Å². The van der Waals surface area contributed by atoms with E-state index in [1.165, 1.54) is 38.5 Å². The van der Waals surface area contributed by atoms with Gasteiger partial charge in [0.05, 0.1) is 20.8 Å². The molecule has 1 aromatic carbocycles. The van der Waals surface area contributed by atoms with Crippen LogP contribution < -0.4 is 20.5 Å². The fourth-order valence-electron chi connectivity index (χ4n) is 3.85. The van der Waals surface area contributed by atoms with Gasteiger partial charge in [0.2, 0.25) is 0 Å². The monoisotopic (exact) mass is 331 g/mol. The van der Waals surface area contributed by atoms with E-state index >= 15 is 0 Å². The van der Waals surface area contributed by atoms with Gasteiger partial charge in [0.15, 0.2) is 17.5 Å². The lowest BCUT2D eigenvalue weighted by Crippen LogP contribution is -2.35. The summed E-state index contributed by atoms with van der Waals surface area (Å²) < 4.78 is 10.6. The topological polar surface area (TPSA) is 68.9 Å². The molecule has 0 bridgehead atoms. The number of nitrogens with zero attached hydrogens (tertiary/aromatic N) is 1. The van der Waals surface area contributed by atoms with Gasteiger partial charge in [-0.2, -0.15) is 0 Å². The highest BCUT2D eigenvalue weighted by molar-refractivity contribution is 5.78. The van der Waals surface area contributed by atoms with E-state index in [9.17, 15) is 0 Å². The average molecular weight is 331 g/mol. The van der Waals surface area contributed by atoms with Crippen molar-refractivity contribution >= 4 is 5.96 Å². The Bertz CT molecular complexity index is 582. The molecule has 24 heavy (non-hydrogen) atoms. The van der Waals surface area contributed by atoms with Crippen LogP contribution in [-0.4, -0.2) is 26.2 Å². The van der Waals surface area contributed by atoms with E-state index in [0.29, 0.717) is 18.5 Å². The summed E-state index contributed by atoms with van der Waals surface area (Å²) in [5.41, 5.74) is 7.12. The molecule has 2 fully saturated rings. The number of hydrogen-bond donors (Lipinski definition) is 2. The van der Waals surface area contributed by atoms with Crippen molar-refractivity contribution in [2.45, 2.75) is 51.1 Å². The van der Waals surface area contributed by atoms with Gasteiger partial charge in [-0.25, -0.2) is 4.99 Å². The van der Waals surface area contributed by atoms with Crippen molar-refractivity contribution in [1.29, 1.82) is 0 Å². The number of aliphatic imine (C=N–C) groups is 1. The molecular formula is C19H29N3O2. The summed E-state index contributed by atoms with van der Waals surface area (Å²) in [5, 5.41) is 3.39. The first kappa shape index (κ1) is 16.9. The van der Waals surface area contributed by atoms with Crippen molar-refractivity contribution < 1.29 is 9.47 Å². The van der Waals surface area contributed by atoms with E-state index in [1.54, 1.807) is 14.2 Å². The Kier molecular flexibility index (Phi) is 5.48. The lowest BCUT2D eigenvalue weighted by molar-refractivity contribution is 0.316. The van der Waals surface area contributed by atoms with Crippen molar-refractivity contribution in [3.63, 3.8) is 0 Å². The molecule has 0 spiro atoms. The van der Waals surface area contributed by atoms with E-state index in [4.69, 9.17) is 15.2 Å². The van der Waals surface area contributed by atoms with Gasteiger partial charge in [-0.15, -0.1) is 0 Å². The molecule has 2 saturated carbocycles. The number of guanidine groups is 1. The molecule has 2 atom stereocenters. The Hall–Kier alpha value is -1.91. The molecule has 0 aliphatic heterocycles. The quantitative estimate of drug-likeness (QED) is 0.621. The van der Waals surface area contributed by atoms with Gasteiger partial charge in [0.25, 0.3) is 0 Å². The van der Waals surface area contributed by atoms with E-state index in [-0.39, 0.29) is 0 Å². The number of rotatable bonds is 6. The van der Waals surface area contributed by atoms with Crippen LogP contribution in [0.2, 0.25) is 0 Å².